The molecular formula is C27H28F5N7O3. The third kappa shape index (κ3) is 6.00. The quantitative estimate of drug-likeness (QED) is 0.158. The Morgan fingerprint density at radius 1 is 1.12 bits per heavy atom. The maximum atomic E-state index is 16.3. The lowest BCUT2D eigenvalue weighted by Gasteiger charge is -2.21. The van der Waals surface area contributed by atoms with Gasteiger partial charge in [0.15, 0.2) is 5.82 Å². The second-order valence-electron chi connectivity index (χ2n) is 9.86. The Hall–Kier alpha value is -4.27. The predicted octanol–water partition coefficient (Wildman–Crippen LogP) is 5.05. The number of aromatic nitrogens is 4. The standard InChI is InChI=1S/C27H28F5N7O3/c1-13-5-6-34-7-8-35-24-18-23(38-26(39-24)40-9-3-4-15-11-36-41-12-15)21(29)22(37-25(18)42-13)16-10-17(33)20(28)14(2)19(16)27(30,31)32/h10-13,34H,3-9,33H2,1-2H3,(H,35,38,39). The summed E-state index contributed by atoms with van der Waals surface area (Å²) in [5, 5.41) is 9.99. The zero-order valence-electron chi connectivity index (χ0n) is 22.7. The van der Waals surface area contributed by atoms with Crippen molar-refractivity contribution in [3.05, 3.63) is 46.9 Å². The summed E-state index contributed by atoms with van der Waals surface area (Å²) >= 11 is 0. The minimum absolute atomic E-state index is 0.0298. The fourth-order valence-corrected chi connectivity index (χ4v) is 4.69. The van der Waals surface area contributed by atoms with Crippen LogP contribution < -0.4 is 25.8 Å². The number of pyridine rings is 1. The van der Waals surface area contributed by atoms with E-state index in [-0.39, 0.29) is 35.2 Å². The van der Waals surface area contributed by atoms with Crippen molar-refractivity contribution in [2.45, 2.75) is 45.4 Å². The van der Waals surface area contributed by atoms with Crippen LogP contribution in [-0.4, -0.2) is 52.5 Å². The molecule has 15 heteroatoms. The van der Waals surface area contributed by atoms with Crippen molar-refractivity contribution < 1.29 is 35.9 Å². The number of aryl methyl sites for hydroxylation is 1. The molecule has 4 heterocycles. The second kappa shape index (κ2) is 11.9. The van der Waals surface area contributed by atoms with Gasteiger partial charge in [-0.15, -0.1) is 0 Å². The van der Waals surface area contributed by atoms with Crippen LogP contribution in [0.4, 0.5) is 33.5 Å². The Morgan fingerprint density at radius 2 is 1.93 bits per heavy atom. The number of alkyl halides is 3. The number of halogens is 5. The van der Waals surface area contributed by atoms with Crippen LogP contribution in [0, 0.1) is 18.6 Å². The topological polar surface area (TPSA) is 133 Å². The van der Waals surface area contributed by atoms with Gasteiger partial charge in [-0.3, -0.25) is 0 Å². The molecule has 0 fully saturated rings. The van der Waals surface area contributed by atoms with Gasteiger partial charge in [-0.05, 0) is 51.3 Å². The van der Waals surface area contributed by atoms with Crippen LogP contribution in [-0.2, 0) is 12.6 Å². The molecule has 10 nitrogen and oxygen atoms in total. The summed E-state index contributed by atoms with van der Waals surface area (Å²) in [5.41, 5.74) is 1.90. The van der Waals surface area contributed by atoms with Crippen molar-refractivity contribution in [1.82, 2.24) is 25.4 Å². The Morgan fingerprint density at radius 3 is 2.67 bits per heavy atom. The Kier molecular flexibility index (Phi) is 8.29. The van der Waals surface area contributed by atoms with Gasteiger partial charge in [0.05, 0.1) is 30.2 Å². The molecule has 1 aromatic carbocycles. The number of ether oxygens (including phenoxy) is 2. The number of nitrogens with zero attached hydrogens (tertiary/aromatic N) is 4. The molecule has 42 heavy (non-hydrogen) atoms. The number of nitrogens with two attached hydrogens (primary N) is 1. The lowest BCUT2D eigenvalue weighted by Crippen LogP contribution is -2.26. The number of benzene rings is 1. The molecule has 0 saturated heterocycles. The summed E-state index contributed by atoms with van der Waals surface area (Å²) in [4.78, 5) is 12.8. The van der Waals surface area contributed by atoms with Crippen LogP contribution in [0.3, 0.4) is 0 Å². The molecule has 1 aliphatic rings. The van der Waals surface area contributed by atoms with E-state index < -0.39 is 52.0 Å². The van der Waals surface area contributed by atoms with Gasteiger partial charge in [-0.2, -0.15) is 23.1 Å². The number of rotatable bonds is 6. The molecule has 4 aromatic rings. The molecule has 0 spiro atoms. The largest absolute Gasteiger partial charge is 0.474 e. The predicted molar refractivity (Wildman–Crippen MR) is 143 cm³/mol. The molecule has 1 atom stereocenters. The van der Waals surface area contributed by atoms with Gasteiger partial charge >= 0.3 is 12.2 Å². The molecule has 0 bridgehead atoms. The smallest absolute Gasteiger partial charge is 0.417 e. The molecule has 1 aliphatic heterocycles. The molecule has 0 radical (unpaired) electrons. The first-order chi connectivity index (χ1) is 20.0. The zero-order chi connectivity index (χ0) is 30.0. The summed E-state index contributed by atoms with van der Waals surface area (Å²) in [6, 6.07) is 0.509. The molecule has 0 aliphatic carbocycles. The average Bonchev–Trinajstić information content (AvgIpc) is 3.44. The van der Waals surface area contributed by atoms with Crippen LogP contribution in [0.5, 0.6) is 11.9 Å². The highest BCUT2D eigenvalue weighted by Gasteiger charge is 2.39. The van der Waals surface area contributed by atoms with Crippen LogP contribution in [0.15, 0.2) is 23.0 Å². The first kappa shape index (κ1) is 29.2. The monoisotopic (exact) mass is 593 g/mol. The molecular weight excluding hydrogens is 565 g/mol. The number of nitrogens with one attached hydrogen (secondary N) is 2. The number of hydrogen-bond donors (Lipinski definition) is 3. The van der Waals surface area contributed by atoms with E-state index in [0.717, 1.165) is 18.6 Å². The molecule has 0 amide bonds. The Bertz CT molecular complexity index is 1580. The highest BCUT2D eigenvalue weighted by molar-refractivity contribution is 5.96. The lowest BCUT2D eigenvalue weighted by molar-refractivity contribution is -0.137. The molecule has 0 saturated carbocycles. The van der Waals surface area contributed by atoms with E-state index >= 15 is 4.39 Å². The maximum Gasteiger partial charge on any atom is 0.417 e. The van der Waals surface area contributed by atoms with E-state index in [0.29, 0.717) is 38.9 Å². The van der Waals surface area contributed by atoms with Gasteiger partial charge in [0.2, 0.25) is 5.88 Å². The van der Waals surface area contributed by atoms with Crippen molar-refractivity contribution in [3.8, 4) is 23.1 Å². The van der Waals surface area contributed by atoms with Crippen molar-refractivity contribution in [3.63, 3.8) is 0 Å². The van der Waals surface area contributed by atoms with Crippen LogP contribution in [0.25, 0.3) is 22.2 Å². The summed E-state index contributed by atoms with van der Waals surface area (Å²) < 4.78 is 90.0. The fourth-order valence-electron chi connectivity index (χ4n) is 4.69. The van der Waals surface area contributed by atoms with Gasteiger partial charge < -0.3 is 30.4 Å². The summed E-state index contributed by atoms with van der Waals surface area (Å²) in [6.07, 6.45) is -0.816. The first-order valence-corrected chi connectivity index (χ1v) is 13.2. The van der Waals surface area contributed by atoms with Crippen molar-refractivity contribution >= 4 is 22.4 Å². The maximum absolute atomic E-state index is 16.3. The van der Waals surface area contributed by atoms with Crippen LogP contribution in [0.1, 0.15) is 36.5 Å². The Balaban J connectivity index is 1.68. The van der Waals surface area contributed by atoms with Gasteiger partial charge in [0.25, 0.3) is 0 Å². The number of anilines is 2. The zero-order valence-corrected chi connectivity index (χ0v) is 22.7. The molecule has 5 rings (SSSR count). The SMILES string of the molecule is Cc1c(F)c(N)cc(-c2nc3c4c(nc(OCCCc5cnoc5)nc4c2F)NCCNCCC(C)O3)c1C(F)(F)F. The molecule has 1 unspecified atom stereocenters. The normalized spacial score (nSPS) is 16.0. The van der Waals surface area contributed by atoms with Crippen molar-refractivity contribution in [1.29, 1.82) is 0 Å². The number of nitrogen functional groups attached to an aromatic ring is 1. The third-order valence-electron chi connectivity index (χ3n) is 6.76. The van der Waals surface area contributed by atoms with Gasteiger partial charge in [-0.1, -0.05) is 5.16 Å². The van der Waals surface area contributed by atoms with Crippen LogP contribution in [0.2, 0.25) is 0 Å². The number of hydrogen-bond acceptors (Lipinski definition) is 10. The van der Waals surface area contributed by atoms with Crippen LogP contribution >= 0.6 is 0 Å². The van der Waals surface area contributed by atoms with E-state index in [1.165, 1.54) is 6.26 Å². The summed E-state index contributed by atoms with van der Waals surface area (Å²) in [5.74, 6) is -2.51. The Labute approximate surface area is 236 Å². The highest BCUT2D eigenvalue weighted by atomic mass is 19.4. The molecule has 3 aromatic heterocycles. The van der Waals surface area contributed by atoms with E-state index in [9.17, 15) is 17.6 Å². The van der Waals surface area contributed by atoms with Gasteiger partial charge in [-0.25, -0.2) is 13.8 Å². The highest BCUT2D eigenvalue weighted by Crippen LogP contribution is 2.44. The second-order valence-corrected chi connectivity index (χ2v) is 9.86. The summed E-state index contributed by atoms with van der Waals surface area (Å²) in [6.45, 7) is 4.31. The van der Waals surface area contributed by atoms with E-state index in [1.54, 1.807) is 13.1 Å². The van der Waals surface area contributed by atoms with E-state index in [2.05, 4.69) is 30.7 Å². The fraction of sp³-hybridized carbons (Fsp3) is 0.407. The minimum atomic E-state index is -5.05. The summed E-state index contributed by atoms with van der Waals surface area (Å²) in [7, 11) is 0. The minimum Gasteiger partial charge on any atom is -0.474 e. The van der Waals surface area contributed by atoms with Crippen molar-refractivity contribution in [2.75, 3.05) is 37.3 Å². The van der Waals surface area contributed by atoms with E-state index in [1.807, 2.05) is 0 Å². The average molecular weight is 594 g/mol. The van der Waals surface area contributed by atoms with Crippen molar-refractivity contribution in [2.24, 2.45) is 0 Å². The first-order valence-electron chi connectivity index (χ1n) is 13.2. The van der Waals surface area contributed by atoms with E-state index in [4.69, 9.17) is 19.7 Å². The lowest BCUT2D eigenvalue weighted by atomic mass is 9.96. The van der Waals surface area contributed by atoms with Gasteiger partial charge in [0, 0.05) is 24.2 Å². The third-order valence-corrected chi connectivity index (χ3v) is 6.76. The van der Waals surface area contributed by atoms with Gasteiger partial charge in [0.1, 0.15) is 34.5 Å². The molecule has 4 N–H and O–H groups in total. The molecule has 224 valence electrons.